The van der Waals surface area contributed by atoms with E-state index in [1.165, 1.54) is 19.4 Å². The Morgan fingerprint density at radius 2 is 2.14 bits per heavy atom. The summed E-state index contributed by atoms with van der Waals surface area (Å²) >= 11 is 0. The van der Waals surface area contributed by atoms with E-state index in [1.807, 2.05) is 4.90 Å². The number of hydrogen-bond acceptors (Lipinski definition) is 2. The van der Waals surface area contributed by atoms with E-state index in [4.69, 9.17) is 0 Å². The van der Waals surface area contributed by atoms with Crippen LogP contribution in [0.3, 0.4) is 0 Å². The van der Waals surface area contributed by atoms with Gasteiger partial charge in [-0.2, -0.15) is 0 Å². The van der Waals surface area contributed by atoms with Crippen molar-refractivity contribution in [3.05, 3.63) is 0 Å². The van der Waals surface area contributed by atoms with E-state index in [1.54, 1.807) is 6.92 Å². The van der Waals surface area contributed by atoms with E-state index in [2.05, 4.69) is 11.8 Å². The number of rotatable bonds is 1. The van der Waals surface area contributed by atoms with Crippen LogP contribution in [0.4, 0.5) is 0 Å². The largest absolute Gasteiger partial charge is 0.340 e. The summed E-state index contributed by atoms with van der Waals surface area (Å²) in [7, 11) is 0. The molecule has 2 saturated heterocycles. The van der Waals surface area contributed by atoms with Crippen LogP contribution in [0.25, 0.3) is 0 Å². The fourth-order valence-electron chi connectivity index (χ4n) is 2.73. The summed E-state index contributed by atoms with van der Waals surface area (Å²) in [5, 5.41) is 0. The van der Waals surface area contributed by atoms with E-state index in [-0.39, 0.29) is 5.91 Å². The molecule has 2 aliphatic heterocycles. The third-order valence-electron chi connectivity index (χ3n) is 3.73. The molecule has 2 rings (SSSR count). The number of nitrogens with zero attached hydrogens (tertiary/aromatic N) is 2. The van der Waals surface area contributed by atoms with Gasteiger partial charge in [0, 0.05) is 39.1 Å². The maximum Gasteiger partial charge on any atom is 0.219 e. The van der Waals surface area contributed by atoms with Gasteiger partial charge in [0.25, 0.3) is 0 Å². The predicted octanol–water partition coefficient (Wildman–Crippen LogP) is 0.949. The molecule has 0 aromatic carbocycles. The van der Waals surface area contributed by atoms with Crippen molar-refractivity contribution >= 4 is 5.91 Å². The molecule has 1 amide bonds. The van der Waals surface area contributed by atoms with Crippen molar-refractivity contribution in [2.24, 2.45) is 5.92 Å². The molecule has 3 heteroatoms. The minimum absolute atomic E-state index is 0.240. The average Bonchev–Trinajstić information content (AvgIpc) is 2.58. The van der Waals surface area contributed by atoms with Crippen LogP contribution in [0.1, 0.15) is 26.7 Å². The quantitative estimate of drug-likeness (QED) is 0.623. The standard InChI is InChI=1S/C11H20N2O/c1-3-10-6-11-8-12(9(2)14)4-5-13(11)7-10/h10-11H,3-8H2,1-2H3. The zero-order valence-electron chi connectivity index (χ0n) is 9.20. The second kappa shape index (κ2) is 3.89. The van der Waals surface area contributed by atoms with Gasteiger partial charge in [-0.25, -0.2) is 0 Å². The molecule has 0 aliphatic carbocycles. The second-order valence-electron chi connectivity index (χ2n) is 4.62. The molecule has 0 N–H and O–H groups in total. The summed E-state index contributed by atoms with van der Waals surface area (Å²) in [5.41, 5.74) is 0. The highest BCUT2D eigenvalue weighted by Gasteiger charge is 2.35. The normalized spacial score (nSPS) is 33.1. The Labute approximate surface area is 86.1 Å². The van der Waals surface area contributed by atoms with Gasteiger partial charge in [-0.05, 0) is 12.3 Å². The molecule has 80 valence electrons. The van der Waals surface area contributed by atoms with Crippen LogP contribution in [-0.2, 0) is 4.79 Å². The van der Waals surface area contributed by atoms with Crippen LogP contribution < -0.4 is 0 Å². The van der Waals surface area contributed by atoms with Crippen LogP contribution >= 0.6 is 0 Å². The van der Waals surface area contributed by atoms with Crippen molar-refractivity contribution in [2.75, 3.05) is 26.2 Å². The Kier molecular flexibility index (Phi) is 2.77. The van der Waals surface area contributed by atoms with Gasteiger partial charge in [-0.15, -0.1) is 0 Å². The first kappa shape index (κ1) is 9.97. The average molecular weight is 196 g/mol. The molecule has 0 aromatic heterocycles. The molecular weight excluding hydrogens is 176 g/mol. The van der Waals surface area contributed by atoms with Gasteiger partial charge in [0.2, 0.25) is 5.91 Å². The van der Waals surface area contributed by atoms with Crippen molar-refractivity contribution in [1.82, 2.24) is 9.80 Å². The number of hydrogen-bond donors (Lipinski definition) is 0. The molecule has 0 saturated carbocycles. The highest BCUT2D eigenvalue weighted by atomic mass is 16.2. The van der Waals surface area contributed by atoms with Crippen molar-refractivity contribution in [2.45, 2.75) is 32.7 Å². The molecule has 2 fully saturated rings. The number of amides is 1. The third-order valence-corrected chi connectivity index (χ3v) is 3.73. The van der Waals surface area contributed by atoms with Gasteiger partial charge in [-0.3, -0.25) is 9.69 Å². The monoisotopic (exact) mass is 196 g/mol. The topological polar surface area (TPSA) is 23.6 Å². The summed E-state index contributed by atoms with van der Waals surface area (Å²) in [6.45, 7) is 8.19. The lowest BCUT2D eigenvalue weighted by atomic mass is 10.0. The van der Waals surface area contributed by atoms with Crippen LogP contribution in [0.2, 0.25) is 0 Å². The van der Waals surface area contributed by atoms with Crippen LogP contribution in [-0.4, -0.2) is 47.9 Å². The Morgan fingerprint density at radius 1 is 1.36 bits per heavy atom. The lowest BCUT2D eigenvalue weighted by Gasteiger charge is -2.36. The maximum atomic E-state index is 11.2. The molecule has 2 heterocycles. The van der Waals surface area contributed by atoms with Crippen LogP contribution in [0.15, 0.2) is 0 Å². The van der Waals surface area contributed by atoms with Gasteiger partial charge in [0.15, 0.2) is 0 Å². The first-order chi connectivity index (χ1) is 6.70. The van der Waals surface area contributed by atoms with E-state index in [0.717, 1.165) is 25.6 Å². The minimum atomic E-state index is 0.240. The zero-order valence-corrected chi connectivity index (χ0v) is 9.20. The molecule has 0 bridgehead atoms. The summed E-state index contributed by atoms with van der Waals surface area (Å²) < 4.78 is 0. The number of carbonyl (C=O) groups is 1. The molecule has 2 aliphatic rings. The highest BCUT2D eigenvalue weighted by Crippen LogP contribution is 2.28. The predicted molar refractivity (Wildman–Crippen MR) is 56.0 cm³/mol. The summed E-state index contributed by atoms with van der Waals surface area (Å²) in [4.78, 5) is 15.8. The lowest BCUT2D eigenvalue weighted by Crippen LogP contribution is -2.51. The van der Waals surface area contributed by atoms with E-state index in [0.29, 0.717) is 6.04 Å². The fourth-order valence-corrected chi connectivity index (χ4v) is 2.73. The van der Waals surface area contributed by atoms with Crippen molar-refractivity contribution in [1.29, 1.82) is 0 Å². The Morgan fingerprint density at radius 3 is 2.79 bits per heavy atom. The Bertz CT molecular complexity index is 229. The van der Waals surface area contributed by atoms with E-state index in [9.17, 15) is 4.79 Å². The van der Waals surface area contributed by atoms with E-state index >= 15 is 0 Å². The van der Waals surface area contributed by atoms with Gasteiger partial charge in [-0.1, -0.05) is 13.3 Å². The van der Waals surface area contributed by atoms with Crippen LogP contribution in [0.5, 0.6) is 0 Å². The van der Waals surface area contributed by atoms with Crippen molar-refractivity contribution in [3.63, 3.8) is 0 Å². The highest BCUT2D eigenvalue weighted by molar-refractivity contribution is 5.73. The molecule has 0 spiro atoms. The first-order valence-electron chi connectivity index (χ1n) is 5.70. The molecule has 2 unspecified atom stereocenters. The Balaban J connectivity index is 1.94. The minimum Gasteiger partial charge on any atom is -0.340 e. The molecule has 2 atom stereocenters. The van der Waals surface area contributed by atoms with E-state index < -0.39 is 0 Å². The third kappa shape index (κ3) is 1.78. The molecule has 3 nitrogen and oxygen atoms in total. The first-order valence-corrected chi connectivity index (χ1v) is 5.70. The molecule has 0 radical (unpaired) electrons. The number of piperazine rings is 1. The van der Waals surface area contributed by atoms with Gasteiger partial charge in [0.05, 0.1) is 0 Å². The SMILES string of the molecule is CCC1CC2CN(C(C)=O)CCN2C1. The van der Waals surface area contributed by atoms with Gasteiger partial charge in [0.1, 0.15) is 0 Å². The Hall–Kier alpha value is -0.570. The maximum absolute atomic E-state index is 11.2. The van der Waals surface area contributed by atoms with Gasteiger partial charge >= 0.3 is 0 Å². The summed E-state index contributed by atoms with van der Waals surface area (Å²) in [6, 6.07) is 0.651. The van der Waals surface area contributed by atoms with Crippen LogP contribution in [0, 0.1) is 5.92 Å². The number of fused-ring (bicyclic) bond motifs is 1. The van der Waals surface area contributed by atoms with Crippen molar-refractivity contribution < 1.29 is 4.79 Å². The zero-order chi connectivity index (χ0) is 10.1. The fraction of sp³-hybridized carbons (Fsp3) is 0.909. The molecular formula is C11H20N2O. The summed E-state index contributed by atoms with van der Waals surface area (Å²) in [6.07, 6.45) is 2.58. The second-order valence-corrected chi connectivity index (χ2v) is 4.62. The van der Waals surface area contributed by atoms with Gasteiger partial charge < -0.3 is 4.90 Å². The smallest absolute Gasteiger partial charge is 0.219 e. The molecule has 14 heavy (non-hydrogen) atoms. The lowest BCUT2D eigenvalue weighted by molar-refractivity contribution is -0.131. The summed E-state index contributed by atoms with van der Waals surface area (Å²) in [5.74, 6) is 1.11. The van der Waals surface area contributed by atoms with Crippen molar-refractivity contribution in [3.8, 4) is 0 Å². The molecule has 0 aromatic rings. The number of carbonyl (C=O) groups excluding carboxylic acids is 1.